The van der Waals surface area contributed by atoms with Crippen LogP contribution in [-0.4, -0.2) is 57.3 Å². The molecule has 7 nitrogen and oxygen atoms in total. The molecular formula is C19H24O7. The molecule has 10 unspecified atom stereocenters. The Balaban J connectivity index is 2.00. The summed E-state index contributed by atoms with van der Waals surface area (Å²) < 4.78 is 5.36. The Morgan fingerprint density at radius 2 is 1.69 bits per heavy atom. The Kier molecular flexibility index (Phi) is 3.45. The second kappa shape index (κ2) is 5.03. The van der Waals surface area contributed by atoms with Gasteiger partial charge in [-0.15, -0.1) is 0 Å². The molecule has 0 spiro atoms. The highest BCUT2D eigenvalue weighted by Gasteiger charge is 2.76. The fourth-order valence-electron chi connectivity index (χ4n) is 6.73. The van der Waals surface area contributed by atoms with Gasteiger partial charge in [-0.1, -0.05) is 26.3 Å². The number of aliphatic hydroxyl groups is 3. The van der Waals surface area contributed by atoms with Crippen LogP contribution >= 0.6 is 0 Å². The van der Waals surface area contributed by atoms with E-state index in [1.165, 1.54) is 6.08 Å². The molecule has 142 valence electrons. The monoisotopic (exact) mass is 364 g/mol. The van der Waals surface area contributed by atoms with E-state index in [1.54, 1.807) is 27.7 Å². The standard InChI is InChI=1S/C19H24O7/c1-6-5-8(20)15(23)18(3)9(6)11(21)16(24)19(4)10-7(2)13(26-17(10)25)12(22)14(18)19/h5,7,9-15,21-23H,1-4H3. The van der Waals surface area contributed by atoms with E-state index in [9.17, 15) is 29.7 Å². The van der Waals surface area contributed by atoms with Gasteiger partial charge in [0.05, 0.1) is 12.0 Å². The zero-order valence-electron chi connectivity index (χ0n) is 15.2. The van der Waals surface area contributed by atoms with Gasteiger partial charge >= 0.3 is 5.97 Å². The number of aliphatic hydroxyl groups excluding tert-OH is 3. The first-order chi connectivity index (χ1) is 12.0. The highest BCUT2D eigenvalue weighted by Crippen LogP contribution is 2.66. The molecule has 2 saturated carbocycles. The van der Waals surface area contributed by atoms with Crippen LogP contribution in [0.15, 0.2) is 11.6 Å². The molecule has 7 heteroatoms. The third-order valence-corrected chi connectivity index (χ3v) is 7.70. The minimum atomic E-state index is -1.49. The van der Waals surface area contributed by atoms with Gasteiger partial charge in [-0.25, -0.2) is 0 Å². The number of rotatable bonds is 0. The zero-order chi connectivity index (χ0) is 19.3. The van der Waals surface area contributed by atoms with Gasteiger partial charge in [0.15, 0.2) is 11.6 Å². The van der Waals surface area contributed by atoms with Crippen LogP contribution in [-0.2, 0) is 19.1 Å². The lowest BCUT2D eigenvalue weighted by molar-refractivity contribution is -0.224. The van der Waals surface area contributed by atoms with E-state index >= 15 is 0 Å². The molecule has 10 atom stereocenters. The smallest absolute Gasteiger partial charge is 0.310 e. The van der Waals surface area contributed by atoms with E-state index in [0.29, 0.717) is 5.57 Å². The number of ether oxygens (including phenoxy) is 1. The van der Waals surface area contributed by atoms with Crippen LogP contribution in [0, 0.1) is 34.5 Å². The van der Waals surface area contributed by atoms with E-state index in [1.807, 2.05) is 0 Å². The minimum Gasteiger partial charge on any atom is -0.459 e. The normalized spacial score (nSPS) is 55.8. The number of esters is 1. The first-order valence-corrected chi connectivity index (χ1v) is 9.00. The third-order valence-electron chi connectivity index (χ3n) is 7.70. The van der Waals surface area contributed by atoms with Gasteiger partial charge in [-0.3, -0.25) is 14.4 Å². The number of ketones is 2. The highest BCUT2D eigenvalue weighted by atomic mass is 16.6. The fourth-order valence-corrected chi connectivity index (χ4v) is 6.73. The molecule has 3 aliphatic carbocycles. The van der Waals surface area contributed by atoms with Crippen LogP contribution < -0.4 is 0 Å². The topological polar surface area (TPSA) is 121 Å². The van der Waals surface area contributed by atoms with Crippen LogP contribution in [0.25, 0.3) is 0 Å². The van der Waals surface area contributed by atoms with Crippen molar-refractivity contribution in [3.63, 3.8) is 0 Å². The Morgan fingerprint density at radius 3 is 2.31 bits per heavy atom. The number of hydrogen-bond donors (Lipinski definition) is 3. The van der Waals surface area contributed by atoms with Crippen molar-refractivity contribution in [2.75, 3.05) is 0 Å². The number of carbonyl (C=O) groups excluding carboxylic acids is 3. The molecule has 0 aromatic rings. The maximum atomic E-state index is 13.3. The maximum absolute atomic E-state index is 13.3. The predicted octanol–water partition coefficient (Wildman–Crippen LogP) is -0.383. The summed E-state index contributed by atoms with van der Waals surface area (Å²) in [5, 5.41) is 32.7. The van der Waals surface area contributed by atoms with Gasteiger partial charge < -0.3 is 20.1 Å². The SMILES string of the molecule is CC1=CC(=O)C(O)C2(C)C1C(O)C(=O)C1(C)C3C(=O)OC(C3C)C(O)C12. The fraction of sp³-hybridized carbons (Fsp3) is 0.737. The molecular weight excluding hydrogens is 340 g/mol. The number of Topliss-reactive ketones (excluding diaryl/α,β-unsaturated/α-hetero) is 1. The molecule has 0 aromatic heterocycles. The van der Waals surface area contributed by atoms with Gasteiger partial charge in [-0.05, 0) is 13.0 Å². The Hall–Kier alpha value is -1.57. The molecule has 1 aliphatic heterocycles. The van der Waals surface area contributed by atoms with E-state index in [2.05, 4.69) is 0 Å². The molecule has 3 N–H and O–H groups in total. The maximum Gasteiger partial charge on any atom is 0.310 e. The van der Waals surface area contributed by atoms with Gasteiger partial charge in [0, 0.05) is 28.6 Å². The van der Waals surface area contributed by atoms with E-state index in [-0.39, 0.29) is 0 Å². The summed E-state index contributed by atoms with van der Waals surface area (Å²) in [6, 6.07) is 0. The predicted molar refractivity (Wildman–Crippen MR) is 87.5 cm³/mol. The second-order valence-electron chi connectivity index (χ2n) is 8.84. The second-order valence-corrected chi connectivity index (χ2v) is 8.84. The lowest BCUT2D eigenvalue weighted by atomic mass is 9.39. The summed E-state index contributed by atoms with van der Waals surface area (Å²) >= 11 is 0. The summed E-state index contributed by atoms with van der Waals surface area (Å²) in [6.45, 7) is 6.56. The van der Waals surface area contributed by atoms with Gasteiger partial charge in [-0.2, -0.15) is 0 Å². The summed E-state index contributed by atoms with van der Waals surface area (Å²) in [6.07, 6.45) is -3.70. The van der Waals surface area contributed by atoms with Crippen LogP contribution in [0.3, 0.4) is 0 Å². The molecule has 4 aliphatic rings. The van der Waals surface area contributed by atoms with Crippen LogP contribution in [0.2, 0.25) is 0 Å². The lowest BCUT2D eigenvalue weighted by Gasteiger charge is -2.63. The van der Waals surface area contributed by atoms with Gasteiger partial charge in [0.25, 0.3) is 0 Å². The van der Waals surface area contributed by atoms with Crippen molar-refractivity contribution in [2.45, 2.75) is 52.1 Å². The highest BCUT2D eigenvalue weighted by molar-refractivity contribution is 6.00. The molecule has 3 fully saturated rings. The largest absolute Gasteiger partial charge is 0.459 e. The van der Waals surface area contributed by atoms with Crippen LogP contribution in [0.4, 0.5) is 0 Å². The first-order valence-electron chi connectivity index (χ1n) is 9.00. The average molecular weight is 364 g/mol. The van der Waals surface area contributed by atoms with Crippen molar-refractivity contribution >= 4 is 17.5 Å². The Labute approximate surface area is 151 Å². The molecule has 4 rings (SSSR count). The van der Waals surface area contributed by atoms with E-state index in [4.69, 9.17) is 4.74 Å². The summed E-state index contributed by atoms with van der Waals surface area (Å²) in [5.74, 6) is -4.55. The van der Waals surface area contributed by atoms with Crippen molar-refractivity contribution in [3.8, 4) is 0 Å². The van der Waals surface area contributed by atoms with Crippen molar-refractivity contribution in [3.05, 3.63) is 11.6 Å². The molecule has 1 saturated heterocycles. The average Bonchev–Trinajstić information content (AvgIpc) is 2.80. The Bertz CT molecular complexity index is 757. The first kappa shape index (κ1) is 17.8. The van der Waals surface area contributed by atoms with Crippen molar-refractivity contribution in [1.82, 2.24) is 0 Å². The number of hydrogen-bond acceptors (Lipinski definition) is 7. The van der Waals surface area contributed by atoms with Crippen molar-refractivity contribution in [2.24, 2.45) is 34.5 Å². The zero-order valence-corrected chi connectivity index (χ0v) is 15.2. The van der Waals surface area contributed by atoms with Crippen LogP contribution in [0.5, 0.6) is 0 Å². The van der Waals surface area contributed by atoms with Crippen molar-refractivity contribution < 1.29 is 34.4 Å². The van der Waals surface area contributed by atoms with E-state index in [0.717, 1.165) is 0 Å². The van der Waals surface area contributed by atoms with E-state index < -0.39 is 76.5 Å². The number of fused-ring (bicyclic) bond motifs is 6. The molecule has 0 aromatic carbocycles. The molecule has 0 radical (unpaired) electrons. The Morgan fingerprint density at radius 1 is 1.08 bits per heavy atom. The molecule has 2 bridgehead atoms. The quantitative estimate of drug-likeness (QED) is 0.501. The van der Waals surface area contributed by atoms with Crippen molar-refractivity contribution in [1.29, 1.82) is 0 Å². The minimum absolute atomic E-state index is 0.400. The molecule has 1 heterocycles. The van der Waals surface area contributed by atoms with Gasteiger partial charge in [0.2, 0.25) is 0 Å². The molecule has 0 amide bonds. The third kappa shape index (κ3) is 1.67. The molecule has 26 heavy (non-hydrogen) atoms. The number of carbonyl (C=O) groups is 3. The lowest BCUT2D eigenvalue weighted by Crippen LogP contribution is -2.73. The summed E-state index contributed by atoms with van der Waals surface area (Å²) in [7, 11) is 0. The summed E-state index contributed by atoms with van der Waals surface area (Å²) in [5.41, 5.74) is -2.22. The van der Waals surface area contributed by atoms with Crippen LogP contribution in [0.1, 0.15) is 27.7 Å². The summed E-state index contributed by atoms with van der Waals surface area (Å²) in [4.78, 5) is 38.1. The van der Waals surface area contributed by atoms with Gasteiger partial charge in [0.1, 0.15) is 18.3 Å².